The lowest BCUT2D eigenvalue weighted by atomic mass is 10.2. The Morgan fingerprint density at radius 1 is 1.00 bits per heavy atom. The average molecular weight is 282 g/mol. The van der Waals surface area contributed by atoms with E-state index in [0.717, 1.165) is 22.0 Å². The van der Waals surface area contributed by atoms with Gasteiger partial charge >= 0.3 is 0 Å². The third kappa shape index (κ3) is 2.97. The van der Waals surface area contributed by atoms with Crippen molar-refractivity contribution in [1.82, 2.24) is 4.98 Å². The lowest BCUT2D eigenvalue weighted by molar-refractivity contribution is 0.475. The summed E-state index contributed by atoms with van der Waals surface area (Å²) in [7, 11) is 0. The van der Waals surface area contributed by atoms with Crippen LogP contribution < -0.4 is 5.32 Å². The Morgan fingerprint density at radius 3 is 2.50 bits per heavy atom. The van der Waals surface area contributed by atoms with Crippen LogP contribution in [0.5, 0.6) is 5.75 Å². The Bertz CT molecular complexity index is 677. The molecule has 3 rings (SSSR count). The number of hydrogen-bond donors (Lipinski definition) is 2. The van der Waals surface area contributed by atoms with Gasteiger partial charge in [0.1, 0.15) is 5.75 Å². The molecule has 3 nitrogen and oxygen atoms in total. The summed E-state index contributed by atoms with van der Waals surface area (Å²) in [5.74, 6) is 0.286. The van der Waals surface area contributed by atoms with Gasteiger partial charge in [-0.3, -0.25) is 0 Å². The van der Waals surface area contributed by atoms with Gasteiger partial charge in [0.05, 0.1) is 5.69 Å². The van der Waals surface area contributed by atoms with Gasteiger partial charge in [0, 0.05) is 17.5 Å². The molecule has 0 unspecified atom stereocenters. The molecular formula is C16H14N2OS. The molecule has 0 bridgehead atoms. The van der Waals surface area contributed by atoms with Gasteiger partial charge in [-0.05, 0) is 17.7 Å². The zero-order valence-corrected chi connectivity index (χ0v) is 11.6. The van der Waals surface area contributed by atoms with Crippen molar-refractivity contribution in [1.29, 1.82) is 0 Å². The van der Waals surface area contributed by atoms with Gasteiger partial charge in [0.25, 0.3) is 0 Å². The molecule has 0 aliphatic rings. The molecule has 0 aliphatic heterocycles. The summed E-state index contributed by atoms with van der Waals surface area (Å²) >= 11 is 1.60. The molecule has 0 saturated carbocycles. The Kier molecular flexibility index (Phi) is 3.65. The smallest absolute Gasteiger partial charge is 0.183 e. The first kappa shape index (κ1) is 12.7. The van der Waals surface area contributed by atoms with Crippen LogP contribution in [0, 0.1) is 0 Å². The van der Waals surface area contributed by atoms with Gasteiger partial charge in [-0.25, -0.2) is 4.98 Å². The summed E-state index contributed by atoms with van der Waals surface area (Å²) in [6, 6.07) is 17.3. The maximum atomic E-state index is 9.24. The third-order valence-corrected chi connectivity index (χ3v) is 3.75. The van der Waals surface area contributed by atoms with E-state index in [9.17, 15) is 5.11 Å². The number of phenolic OH excluding ortho intramolecular Hbond substituents is 1. The summed E-state index contributed by atoms with van der Waals surface area (Å²) in [5.41, 5.74) is 3.23. The zero-order chi connectivity index (χ0) is 13.8. The Labute approximate surface area is 121 Å². The molecule has 2 N–H and O–H groups in total. The number of benzene rings is 2. The van der Waals surface area contributed by atoms with Crippen LogP contribution in [0.4, 0.5) is 5.13 Å². The standard InChI is InChI=1S/C16H14N2OS/c19-14-8-6-12(7-9-14)10-17-16-18-15(11-20-16)13-4-2-1-3-5-13/h1-9,11,19H,10H2,(H,17,18). The Balaban J connectivity index is 1.67. The average Bonchev–Trinajstić information content (AvgIpc) is 2.97. The second kappa shape index (κ2) is 5.75. The quantitative estimate of drug-likeness (QED) is 0.756. The number of nitrogens with one attached hydrogen (secondary N) is 1. The van der Waals surface area contributed by atoms with E-state index in [0.29, 0.717) is 6.54 Å². The molecule has 2 aromatic carbocycles. The van der Waals surface area contributed by atoms with Crippen molar-refractivity contribution < 1.29 is 5.11 Å². The highest BCUT2D eigenvalue weighted by Crippen LogP contribution is 2.25. The van der Waals surface area contributed by atoms with E-state index >= 15 is 0 Å². The first-order chi connectivity index (χ1) is 9.81. The van der Waals surface area contributed by atoms with Crippen LogP contribution in [-0.4, -0.2) is 10.1 Å². The maximum Gasteiger partial charge on any atom is 0.183 e. The number of aromatic nitrogens is 1. The van der Waals surface area contributed by atoms with Crippen LogP contribution in [-0.2, 0) is 6.54 Å². The predicted octanol–water partition coefficient (Wildman–Crippen LogP) is 4.13. The Hall–Kier alpha value is -2.33. The fourth-order valence-electron chi connectivity index (χ4n) is 1.89. The van der Waals surface area contributed by atoms with Gasteiger partial charge in [-0.15, -0.1) is 11.3 Å². The molecule has 1 heterocycles. The SMILES string of the molecule is Oc1ccc(CNc2nc(-c3ccccc3)cs2)cc1. The van der Waals surface area contributed by atoms with Crippen molar-refractivity contribution in [2.45, 2.75) is 6.54 Å². The highest BCUT2D eigenvalue weighted by Gasteiger charge is 2.03. The summed E-state index contributed by atoms with van der Waals surface area (Å²) in [6.07, 6.45) is 0. The molecule has 1 aromatic heterocycles. The number of rotatable bonds is 4. The lowest BCUT2D eigenvalue weighted by Crippen LogP contribution is -1.98. The molecular weight excluding hydrogens is 268 g/mol. The molecule has 4 heteroatoms. The van der Waals surface area contributed by atoms with Crippen molar-refractivity contribution >= 4 is 16.5 Å². The van der Waals surface area contributed by atoms with Crippen molar-refractivity contribution in [3.63, 3.8) is 0 Å². The predicted molar refractivity (Wildman–Crippen MR) is 83.0 cm³/mol. The summed E-state index contributed by atoms with van der Waals surface area (Å²) in [5, 5.41) is 15.5. The molecule has 0 fully saturated rings. The summed E-state index contributed by atoms with van der Waals surface area (Å²) in [6.45, 7) is 0.696. The van der Waals surface area contributed by atoms with Gasteiger partial charge in [0.15, 0.2) is 5.13 Å². The van der Waals surface area contributed by atoms with Crippen LogP contribution in [0.25, 0.3) is 11.3 Å². The van der Waals surface area contributed by atoms with Crippen molar-refractivity contribution in [3.05, 3.63) is 65.5 Å². The first-order valence-electron chi connectivity index (χ1n) is 6.34. The van der Waals surface area contributed by atoms with Crippen LogP contribution in [0.3, 0.4) is 0 Å². The van der Waals surface area contributed by atoms with Crippen molar-refractivity contribution in [2.75, 3.05) is 5.32 Å². The van der Waals surface area contributed by atoms with Crippen molar-refractivity contribution in [2.24, 2.45) is 0 Å². The Morgan fingerprint density at radius 2 is 1.75 bits per heavy atom. The topological polar surface area (TPSA) is 45.1 Å². The normalized spacial score (nSPS) is 10.4. The van der Waals surface area contributed by atoms with E-state index < -0.39 is 0 Å². The lowest BCUT2D eigenvalue weighted by Gasteiger charge is -2.02. The van der Waals surface area contributed by atoms with E-state index in [-0.39, 0.29) is 5.75 Å². The van der Waals surface area contributed by atoms with E-state index in [2.05, 4.69) is 27.8 Å². The highest BCUT2D eigenvalue weighted by molar-refractivity contribution is 7.14. The third-order valence-electron chi connectivity index (χ3n) is 2.95. The number of hydrogen-bond acceptors (Lipinski definition) is 4. The van der Waals surface area contributed by atoms with Gasteiger partial charge in [-0.2, -0.15) is 0 Å². The largest absolute Gasteiger partial charge is 0.508 e. The first-order valence-corrected chi connectivity index (χ1v) is 7.22. The molecule has 3 aromatic rings. The fourth-order valence-corrected chi connectivity index (χ4v) is 2.61. The molecule has 100 valence electrons. The second-order valence-corrected chi connectivity index (χ2v) is 5.28. The van der Waals surface area contributed by atoms with Crippen LogP contribution in [0.15, 0.2) is 60.0 Å². The summed E-state index contributed by atoms with van der Waals surface area (Å²) < 4.78 is 0. The fraction of sp³-hybridized carbons (Fsp3) is 0.0625. The molecule has 0 radical (unpaired) electrons. The van der Waals surface area contributed by atoms with Gasteiger partial charge in [-0.1, -0.05) is 42.5 Å². The number of anilines is 1. The number of thiazole rings is 1. The van der Waals surface area contributed by atoms with Crippen LogP contribution >= 0.6 is 11.3 Å². The van der Waals surface area contributed by atoms with E-state index in [1.54, 1.807) is 23.5 Å². The molecule has 0 saturated heterocycles. The minimum atomic E-state index is 0.286. The monoisotopic (exact) mass is 282 g/mol. The van der Waals surface area contributed by atoms with E-state index in [1.165, 1.54) is 0 Å². The number of phenols is 1. The zero-order valence-electron chi connectivity index (χ0n) is 10.8. The van der Waals surface area contributed by atoms with Crippen LogP contribution in [0.2, 0.25) is 0 Å². The molecule has 0 amide bonds. The minimum absolute atomic E-state index is 0.286. The van der Waals surface area contributed by atoms with Crippen LogP contribution in [0.1, 0.15) is 5.56 Å². The maximum absolute atomic E-state index is 9.24. The second-order valence-electron chi connectivity index (χ2n) is 4.42. The van der Waals surface area contributed by atoms with Gasteiger partial charge in [0.2, 0.25) is 0 Å². The molecule has 0 aliphatic carbocycles. The minimum Gasteiger partial charge on any atom is -0.508 e. The highest BCUT2D eigenvalue weighted by atomic mass is 32.1. The molecule has 0 spiro atoms. The molecule has 20 heavy (non-hydrogen) atoms. The summed E-state index contributed by atoms with van der Waals surface area (Å²) in [4.78, 5) is 4.57. The van der Waals surface area contributed by atoms with Gasteiger partial charge < -0.3 is 10.4 Å². The van der Waals surface area contributed by atoms with Crippen molar-refractivity contribution in [3.8, 4) is 17.0 Å². The van der Waals surface area contributed by atoms with E-state index in [1.807, 2.05) is 30.3 Å². The molecule has 0 atom stereocenters. The number of nitrogens with zero attached hydrogens (tertiary/aromatic N) is 1. The number of aromatic hydroxyl groups is 1. The van der Waals surface area contributed by atoms with E-state index in [4.69, 9.17) is 0 Å².